The van der Waals surface area contributed by atoms with Crippen molar-refractivity contribution >= 4 is 27.0 Å². The molecule has 3 rings (SSSR count). The van der Waals surface area contributed by atoms with E-state index in [0.717, 1.165) is 33.9 Å². The number of aliphatic hydroxyl groups is 1. The molecule has 0 aliphatic carbocycles. The van der Waals surface area contributed by atoms with E-state index >= 15 is 0 Å². The van der Waals surface area contributed by atoms with E-state index in [2.05, 4.69) is 15.9 Å². The lowest BCUT2D eigenvalue weighted by Gasteiger charge is -2.20. The first kappa shape index (κ1) is 14.8. The summed E-state index contributed by atoms with van der Waals surface area (Å²) in [6, 6.07) is 3.76. The third-order valence-corrected chi connectivity index (χ3v) is 5.01. The van der Waals surface area contributed by atoms with Crippen molar-refractivity contribution in [2.45, 2.75) is 38.1 Å². The van der Waals surface area contributed by atoms with E-state index in [4.69, 9.17) is 4.74 Å². The summed E-state index contributed by atoms with van der Waals surface area (Å²) in [5, 5.41) is 10.6. The number of ether oxygens (including phenoxy) is 1. The van der Waals surface area contributed by atoms with E-state index in [-0.39, 0.29) is 17.9 Å². The molecule has 0 spiro atoms. The lowest BCUT2D eigenvalue weighted by molar-refractivity contribution is -0.0299. The van der Waals surface area contributed by atoms with E-state index in [1.54, 1.807) is 23.2 Å². The van der Waals surface area contributed by atoms with E-state index < -0.39 is 6.10 Å². The maximum absolute atomic E-state index is 12.0. The summed E-state index contributed by atoms with van der Waals surface area (Å²) in [5.74, 6) is 0. The molecule has 0 saturated carbocycles. The summed E-state index contributed by atoms with van der Waals surface area (Å²) in [6.07, 6.45) is 1.12. The minimum Gasteiger partial charge on any atom is -0.386 e. The highest BCUT2D eigenvalue weighted by molar-refractivity contribution is 9.10. The quantitative estimate of drug-likeness (QED) is 0.899. The lowest BCUT2D eigenvalue weighted by Crippen LogP contribution is -2.19. The summed E-state index contributed by atoms with van der Waals surface area (Å²) in [7, 11) is 3.48. The van der Waals surface area contributed by atoms with Crippen LogP contribution < -0.4 is 5.69 Å². The summed E-state index contributed by atoms with van der Waals surface area (Å²) >= 11 is 3.51. The molecule has 2 heterocycles. The van der Waals surface area contributed by atoms with Crippen molar-refractivity contribution in [1.29, 1.82) is 0 Å². The number of hydrogen-bond acceptors (Lipinski definition) is 3. The molecule has 114 valence electrons. The molecular formula is C15H19BrN2O3. The highest BCUT2D eigenvalue weighted by atomic mass is 79.9. The third kappa shape index (κ3) is 2.35. The van der Waals surface area contributed by atoms with Crippen molar-refractivity contribution in [2.75, 3.05) is 0 Å². The Hall–Kier alpha value is -1.11. The number of fused-ring (bicyclic) bond motifs is 1. The van der Waals surface area contributed by atoms with Crippen LogP contribution in [0.3, 0.4) is 0 Å². The summed E-state index contributed by atoms with van der Waals surface area (Å²) in [6.45, 7) is 2.02. The first-order valence-corrected chi connectivity index (χ1v) is 7.88. The molecule has 0 bridgehead atoms. The number of nitrogens with zero attached hydrogens (tertiary/aromatic N) is 2. The molecule has 1 aliphatic rings. The molecule has 5 nitrogen and oxygen atoms in total. The van der Waals surface area contributed by atoms with Gasteiger partial charge in [-0.25, -0.2) is 4.79 Å². The fourth-order valence-corrected chi connectivity index (χ4v) is 3.59. The summed E-state index contributed by atoms with van der Waals surface area (Å²) < 4.78 is 9.75. The van der Waals surface area contributed by atoms with Crippen LogP contribution in [-0.4, -0.2) is 26.4 Å². The van der Waals surface area contributed by atoms with E-state index in [9.17, 15) is 9.90 Å². The monoisotopic (exact) mass is 354 g/mol. The Morgan fingerprint density at radius 3 is 2.48 bits per heavy atom. The van der Waals surface area contributed by atoms with Gasteiger partial charge in [0.25, 0.3) is 0 Å². The van der Waals surface area contributed by atoms with Gasteiger partial charge < -0.3 is 9.84 Å². The van der Waals surface area contributed by atoms with Gasteiger partial charge in [-0.15, -0.1) is 0 Å². The van der Waals surface area contributed by atoms with Crippen LogP contribution in [0.2, 0.25) is 0 Å². The van der Waals surface area contributed by atoms with Crippen molar-refractivity contribution < 1.29 is 9.84 Å². The molecule has 3 unspecified atom stereocenters. The van der Waals surface area contributed by atoms with Crippen LogP contribution in [0.1, 0.15) is 31.4 Å². The van der Waals surface area contributed by atoms with Gasteiger partial charge in [-0.2, -0.15) is 0 Å². The molecule has 0 amide bonds. The largest absolute Gasteiger partial charge is 0.386 e. The Morgan fingerprint density at radius 2 is 1.90 bits per heavy atom. The van der Waals surface area contributed by atoms with Crippen LogP contribution >= 0.6 is 15.9 Å². The topological polar surface area (TPSA) is 56.4 Å². The molecule has 21 heavy (non-hydrogen) atoms. The first-order chi connectivity index (χ1) is 9.90. The number of benzene rings is 1. The first-order valence-electron chi connectivity index (χ1n) is 7.08. The van der Waals surface area contributed by atoms with Gasteiger partial charge in [0.15, 0.2) is 0 Å². The van der Waals surface area contributed by atoms with E-state index in [1.807, 2.05) is 19.1 Å². The second-order valence-corrected chi connectivity index (χ2v) is 6.62. The lowest BCUT2D eigenvalue weighted by atomic mass is 10.0. The highest BCUT2D eigenvalue weighted by Gasteiger charge is 2.31. The Bertz CT molecular complexity index is 749. The van der Waals surface area contributed by atoms with Crippen LogP contribution in [0.4, 0.5) is 0 Å². The minimum absolute atomic E-state index is 0.0747. The number of halogens is 1. The highest BCUT2D eigenvalue weighted by Crippen LogP contribution is 2.35. The molecule has 1 N–H and O–H groups in total. The van der Waals surface area contributed by atoms with Gasteiger partial charge in [0, 0.05) is 18.6 Å². The number of aliphatic hydroxyl groups excluding tert-OH is 1. The Kier molecular flexibility index (Phi) is 3.71. The maximum Gasteiger partial charge on any atom is 0.328 e. The number of aromatic nitrogens is 2. The van der Waals surface area contributed by atoms with Gasteiger partial charge in [0.1, 0.15) is 6.10 Å². The zero-order valence-corrected chi connectivity index (χ0v) is 13.9. The third-order valence-electron chi connectivity index (χ3n) is 4.33. The Labute approximate surface area is 131 Å². The van der Waals surface area contributed by atoms with Crippen molar-refractivity contribution in [1.82, 2.24) is 9.13 Å². The average Bonchev–Trinajstić information content (AvgIpc) is 2.97. The molecule has 1 aromatic carbocycles. The van der Waals surface area contributed by atoms with E-state index in [1.165, 1.54) is 0 Å². The molecule has 1 fully saturated rings. The number of aryl methyl sites for hydroxylation is 2. The maximum atomic E-state index is 12.0. The molecule has 6 heteroatoms. The van der Waals surface area contributed by atoms with Crippen LogP contribution in [0.15, 0.2) is 21.4 Å². The molecule has 1 saturated heterocycles. The van der Waals surface area contributed by atoms with Crippen LogP contribution in [0, 0.1) is 0 Å². The molecule has 0 radical (unpaired) electrons. The van der Waals surface area contributed by atoms with E-state index in [0.29, 0.717) is 0 Å². The second kappa shape index (κ2) is 5.26. The van der Waals surface area contributed by atoms with Gasteiger partial charge >= 0.3 is 5.69 Å². The average molecular weight is 355 g/mol. The van der Waals surface area contributed by atoms with Crippen molar-refractivity contribution in [2.24, 2.45) is 14.1 Å². The zero-order valence-electron chi connectivity index (χ0n) is 12.3. The molecule has 1 aromatic heterocycles. The predicted molar refractivity (Wildman–Crippen MR) is 84.4 cm³/mol. The van der Waals surface area contributed by atoms with Crippen LogP contribution in [0.25, 0.3) is 11.0 Å². The van der Waals surface area contributed by atoms with Crippen LogP contribution in [0.5, 0.6) is 0 Å². The molecule has 3 atom stereocenters. The number of hydrogen-bond donors (Lipinski definition) is 1. The SMILES string of the molecule is CC1CCC(C(O)c2cc3c(cc2Br)n(C)c(=O)n3C)O1. The standard InChI is InChI=1S/C15H19BrN2O3/c1-8-4-5-13(21-8)14(19)9-6-11-12(7-10(9)16)18(3)15(20)17(11)2/h6-8,13-14,19H,4-5H2,1-3H3. The van der Waals surface area contributed by atoms with Gasteiger partial charge in [0.05, 0.1) is 23.2 Å². The van der Waals surface area contributed by atoms with Gasteiger partial charge in [-0.05, 0) is 37.5 Å². The zero-order chi connectivity index (χ0) is 15.3. The summed E-state index contributed by atoms with van der Waals surface area (Å²) in [5.41, 5.74) is 2.34. The van der Waals surface area contributed by atoms with Crippen LogP contribution in [-0.2, 0) is 18.8 Å². The van der Waals surface area contributed by atoms with Crippen molar-refractivity contribution in [3.63, 3.8) is 0 Å². The fraction of sp³-hybridized carbons (Fsp3) is 0.533. The predicted octanol–water partition coefficient (Wildman–Crippen LogP) is 2.24. The van der Waals surface area contributed by atoms with Crippen molar-refractivity contribution in [3.8, 4) is 0 Å². The van der Waals surface area contributed by atoms with Gasteiger partial charge in [0.2, 0.25) is 0 Å². The minimum atomic E-state index is -0.691. The molecule has 2 aromatic rings. The number of rotatable bonds is 2. The molecular weight excluding hydrogens is 336 g/mol. The number of imidazole rings is 1. The second-order valence-electron chi connectivity index (χ2n) is 5.77. The normalized spacial score (nSPS) is 23.9. The van der Waals surface area contributed by atoms with Crippen molar-refractivity contribution in [3.05, 3.63) is 32.7 Å². The smallest absolute Gasteiger partial charge is 0.328 e. The Balaban J connectivity index is 2.09. The summed E-state index contributed by atoms with van der Waals surface area (Å²) in [4.78, 5) is 12.0. The van der Waals surface area contributed by atoms with Gasteiger partial charge in [-0.3, -0.25) is 9.13 Å². The molecule has 1 aliphatic heterocycles. The fourth-order valence-electron chi connectivity index (χ4n) is 3.03. The Morgan fingerprint density at radius 1 is 1.29 bits per heavy atom. The van der Waals surface area contributed by atoms with Gasteiger partial charge in [-0.1, -0.05) is 15.9 Å².